The van der Waals surface area contributed by atoms with Gasteiger partial charge in [0.2, 0.25) is 0 Å². The van der Waals surface area contributed by atoms with Gasteiger partial charge in [-0.15, -0.1) is 0 Å². The number of hydrogen-bond acceptors (Lipinski definition) is 2. The Hall–Kier alpha value is 0.210. The minimum absolute atomic E-state index is 0. The van der Waals surface area contributed by atoms with E-state index in [4.69, 9.17) is 0 Å². The van der Waals surface area contributed by atoms with Gasteiger partial charge >= 0.3 is 29.6 Å². The van der Waals surface area contributed by atoms with Crippen molar-refractivity contribution in [3.8, 4) is 0 Å². The molecule has 0 aromatic carbocycles. The van der Waals surface area contributed by atoms with Crippen LogP contribution < -0.4 is 34.7 Å². The third-order valence-corrected chi connectivity index (χ3v) is 3.64. The topological polar surface area (TPSA) is 40.1 Å². The third kappa shape index (κ3) is 22.6. The van der Waals surface area contributed by atoms with Crippen molar-refractivity contribution in [3.05, 3.63) is 12.2 Å². The first-order valence-corrected chi connectivity index (χ1v) is 8.62. The fourth-order valence-electron chi connectivity index (χ4n) is 2.34. The van der Waals surface area contributed by atoms with Crippen molar-refractivity contribution >= 4 is 5.97 Å². The number of carboxylic acid groups (broad SMARTS) is 1. The van der Waals surface area contributed by atoms with Crippen LogP contribution in [0.4, 0.5) is 0 Å². The third-order valence-electron chi connectivity index (χ3n) is 3.64. The number of carboxylic acids is 1. The smallest absolute Gasteiger partial charge is 0.550 e. The van der Waals surface area contributed by atoms with Crippen LogP contribution in [0.5, 0.6) is 0 Å². The van der Waals surface area contributed by atoms with E-state index in [-0.39, 0.29) is 36.0 Å². The van der Waals surface area contributed by atoms with Crippen LogP contribution >= 0.6 is 0 Å². The molecule has 0 unspecified atom stereocenters. The van der Waals surface area contributed by atoms with Crippen LogP contribution in [0.1, 0.15) is 96.8 Å². The second-order valence-corrected chi connectivity index (χ2v) is 5.71. The Morgan fingerprint density at radius 1 is 0.762 bits per heavy atom. The number of carbonyl (C=O) groups excluding carboxylic acids is 1. The molecule has 0 heterocycles. The Balaban J connectivity index is 0. The van der Waals surface area contributed by atoms with E-state index in [0.717, 1.165) is 19.3 Å². The Kier molecular flexibility index (Phi) is 22.6. The number of carbonyl (C=O) groups is 1. The van der Waals surface area contributed by atoms with E-state index < -0.39 is 5.97 Å². The summed E-state index contributed by atoms with van der Waals surface area (Å²) >= 11 is 0. The minimum atomic E-state index is -0.927. The molecule has 0 bridgehead atoms. The molecule has 0 aromatic heterocycles. The number of hydrogen-bond donors (Lipinski definition) is 0. The molecule has 0 amide bonds. The van der Waals surface area contributed by atoms with Gasteiger partial charge in [0.25, 0.3) is 0 Å². The van der Waals surface area contributed by atoms with E-state index in [1.807, 2.05) is 0 Å². The van der Waals surface area contributed by atoms with Crippen molar-refractivity contribution in [2.24, 2.45) is 0 Å². The summed E-state index contributed by atoms with van der Waals surface area (Å²) in [5.74, 6) is -0.927. The maximum absolute atomic E-state index is 10.2. The molecule has 0 saturated heterocycles. The first-order valence-electron chi connectivity index (χ1n) is 8.62. The van der Waals surface area contributed by atoms with E-state index in [9.17, 15) is 9.90 Å². The molecule has 0 fully saturated rings. The average molecular weight is 304 g/mol. The summed E-state index contributed by atoms with van der Waals surface area (Å²) < 4.78 is 0. The Labute approximate surface area is 154 Å². The number of allylic oxidation sites excluding steroid dienone is 2. The predicted molar refractivity (Wildman–Crippen MR) is 84.5 cm³/mol. The molecular weight excluding hydrogens is 271 g/mol. The molecule has 0 saturated carbocycles. The van der Waals surface area contributed by atoms with Gasteiger partial charge in [-0.3, -0.25) is 0 Å². The van der Waals surface area contributed by atoms with Crippen molar-refractivity contribution < 1.29 is 39.5 Å². The number of aliphatic carboxylic acids is 1. The van der Waals surface area contributed by atoms with Crippen LogP contribution in [-0.4, -0.2) is 5.97 Å². The van der Waals surface area contributed by atoms with E-state index in [1.54, 1.807) is 0 Å². The summed E-state index contributed by atoms with van der Waals surface area (Å²) in [6.07, 6.45) is 20.9. The normalized spacial score (nSPS) is 10.7. The van der Waals surface area contributed by atoms with Crippen LogP contribution in [0.3, 0.4) is 0 Å². The summed E-state index contributed by atoms with van der Waals surface area (Å²) in [5, 5.41) is 10.2. The van der Waals surface area contributed by atoms with Gasteiger partial charge in [0.1, 0.15) is 0 Å². The van der Waals surface area contributed by atoms with Crippen molar-refractivity contribution in [3.63, 3.8) is 0 Å². The van der Waals surface area contributed by atoms with Crippen molar-refractivity contribution in [1.29, 1.82) is 0 Å². The molecule has 0 N–H and O–H groups in total. The number of unbranched alkanes of at least 4 members (excludes halogenated alkanes) is 11. The van der Waals surface area contributed by atoms with E-state index in [1.165, 1.54) is 64.2 Å². The van der Waals surface area contributed by atoms with Crippen molar-refractivity contribution in [2.45, 2.75) is 96.8 Å². The second-order valence-electron chi connectivity index (χ2n) is 5.71. The van der Waals surface area contributed by atoms with E-state index >= 15 is 0 Å². The summed E-state index contributed by atoms with van der Waals surface area (Å²) in [5.41, 5.74) is 0. The minimum Gasteiger partial charge on any atom is -0.550 e. The first kappa shape index (κ1) is 23.5. The maximum Gasteiger partial charge on any atom is 1.00 e. The van der Waals surface area contributed by atoms with Crippen LogP contribution in [0.15, 0.2) is 12.2 Å². The average Bonchev–Trinajstić information content (AvgIpc) is 2.43. The SMILES string of the molecule is CCCCCCCCCCCC=CCCCCC(=O)[O-].[Na+]. The monoisotopic (exact) mass is 304 g/mol. The van der Waals surface area contributed by atoms with Gasteiger partial charge < -0.3 is 9.90 Å². The van der Waals surface area contributed by atoms with Crippen molar-refractivity contribution in [1.82, 2.24) is 0 Å². The van der Waals surface area contributed by atoms with Gasteiger partial charge in [0.05, 0.1) is 0 Å². The molecule has 0 aliphatic rings. The predicted octanol–water partition coefficient (Wildman–Crippen LogP) is 1.78. The molecule has 2 nitrogen and oxygen atoms in total. The fourth-order valence-corrected chi connectivity index (χ4v) is 2.34. The Morgan fingerprint density at radius 2 is 1.19 bits per heavy atom. The van der Waals surface area contributed by atoms with Gasteiger partial charge in [-0.25, -0.2) is 0 Å². The largest absolute Gasteiger partial charge is 1.00 e. The van der Waals surface area contributed by atoms with Gasteiger partial charge in [-0.1, -0.05) is 70.4 Å². The van der Waals surface area contributed by atoms with Gasteiger partial charge in [0, 0.05) is 5.97 Å². The van der Waals surface area contributed by atoms with Gasteiger partial charge in [-0.2, -0.15) is 0 Å². The molecule has 118 valence electrons. The molecule has 0 aliphatic carbocycles. The van der Waals surface area contributed by atoms with Gasteiger partial charge in [0.15, 0.2) is 0 Å². The molecule has 0 atom stereocenters. The van der Waals surface area contributed by atoms with Crippen LogP contribution in [0, 0.1) is 0 Å². The van der Waals surface area contributed by atoms with Gasteiger partial charge in [-0.05, 0) is 38.5 Å². The van der Waals surface area contributed by atoms with E-state index in [0.29, 0.717) is 0 Å². The standard InChI is InChI=1S/C18H34O2.Na/c1-2-3-4-5-6-7-8-9-10-11-12-13-14-15-16-17-18(19)20;/h12-13H,2-11,14-17H2,1H3,(H,19,20);/q;+1/p-1. The maximum atomic E-state index is 10.2. The molecule has 0 aliphatic heterocycles. The Morgan fingerprint density at radius 3 is 1.67 bits per heavy atom. The van der Waals surface area contributed by atoms with E-state index in [2.05, 4.69) is 19.1 Å². The van der Waals surface area contributed by atoms with Crippen molar-refractivity contribution in [2.75, 3.05) is 0 Å². The summed E-state index contributed by atoms with van der Waals surface area (Å²) in [6.45, 7) is 2.26. The zero-order chi connectivity index (χ0) is 14.9. The second kappa shape index (κ2) is 20.2. The molecule has 0 radical (unpaired) electrons. The van der Waals surface area contributed by atoms with Crippen LogP contribution in [-0.2, 0) is 4.79 Å². The van der Waals surface area contributed by atoms with Crippen LogP contribution in [0.25, 0.3) is 0 Å². The molecule has 0 aromatic rings. The summed E-state index contributed by atoms with van der Waals surface area (Å²) in [7, 11) is 0. The zero-order valence-electron chi connectivity index (χ0n) is 14.4. The van der Waals surface area contributed by atoms with Crippen LogP contribution in [0.2, 0.25) is 0 Å². The zero-order valence-corrected chi connectivity index (χ0v) is 16.4. The molecule has 0 spiro atoms. The fraction of sp³-hybridized carbons (Fsp3) is 0.833. The quantitative estimate of drug-likeness (QED) is 0.263. The molecule has 3 heteroatoms. The number of rotatable bonds is 15. The molecule has 0 rings (SSSR count). The molecular formula is C18H33NaO2. The summed E-state index contributed by atoms with van der Waals surface area (Å²) in [6, 6.07) is 0. The summed E-state index contributed by atoms with van der Waals surface area (Å²) in [4.78, 5) is 10.2. The first-order chi connectivity index (χ1) is 9.77. The molecule has 21 heavy (non-hydrogen) atoms. The Bertz CT molecular complexity index is 239.